The lowest BCUT2D eigenvalue weighted by Crippen LogP contribution is -2.27. The van der Waals surface area contributed by atoms with E-state index in [9.17, 15) is 4.79 Å². The van der Waals surface area contributed by atoms with Crippen molar-refractivity contribution in [3.8, 4) is 22.7 Å². The summed E-state index contributed by atoms with van der Waals surface area (Å²) in [7, 11) is 1.63. The fourth-order valence-corrected chi connectivity index (χ4v) is 4.96. The predicted molar refractivity (Wildman–Crippen MR) is 141 cm³/mol. The Kier molecular flexibility index (Phi) is 6.29. The van der Waals surface area contributed by atoms with E-state index < -0.39 is 0 Å². The molecule has 1 aliphatic heterocycles. The standard InChI is InChI=1S/C27H21N3O2S2/c1-32-23-14-12-19(13-15-23)17-29-26(31)24(34-27(29)33)16-21-18-30(22-10-6-3-7-11-22)28-25(21)20-8-4-2-5-9-20/h2-16,18H,17H2,1H3/b24-16-. The molecule has 1 fully saturated rings. The summed E-state index contributed by atoms with van der Waals surface area (Å²) in [6.07, 6.45) is 3.84. The molecule has 0 spiro atoms. The highest BCUT2D eigenvalue weighted by molar-refractivity contribution is 8.26. The van der Waals surface area contributed by atoms with Crippen LogP contribution in [-0.4, -0.2) is 32.0 Å². The first kappa shape index (κ1) is 22.1. The summed E-state index contributed by atoms with van der Waals surface area (Å²) in [6, 6.07) is 27.5. The Labute approximate surface area is 207 Å². The Morgan fingerprint density at radius 2 is 1.65 bits per heavy atom. The Balaban J connectivity index is 1.48. The van der Waals surface area contributed by atoms with Crippen molar-refractivity contribution in [3.05, 3.63) is 107 Å². The smallest absolute Gasteiger partial charge is 0.266 e. The van der Waals surface area contributed by atoms with E-state index in [4.69, 9.17) is 22.1 Å². The maximum atomic E-state index is 13.3. The number of methoxy groups -OCH3 is 1. The topological polar surface area (TPSA) is 47.4 Å². The fraction of sp³-hybridized carbons (Fsp3) is 0.0741. The van der Waals surface area contributed by atoms with Crippen molar-refractivity contribution < 1.29 is 9.53 Å². The highest BCUT2D eigenvalue weighted by Gasteiger charge is 2.32. The average Bonchev–Trinajstić information content (AvgIpc) is 3.42. The molecule has 1 amide bonds. The van der Waals surface area contributed by atoms with Gasteiger partial charge in [0.05, 0.1) is 29.9 Å². The van der Waals surface area contributed by atoms with Gasteiger partial charge in [-0.2, -0.15) is 5.10 Å². The molecular formula is C27H21N3O2S2. The largest absolute Gasteiger partial charge is 0.497 e. The van der Waals surface area contributed by atoms with Crippen LogP contribution in [0.3, 0.4) is 0 Å². The second kappa shape index (κ2) is 9.67. The molecular weight excluding hydrogens is 462 g/mol. The zero-order chi connectivity index (χ0) is 23.5. The lowest BCUT2D eigenvalue weighted by molar-refractivity contribution is -0.122. The maximum Gasteiger partial charge on any atom is 0.266 e. The van der Waals surface area contributed by atoms with Crippen molar-refractivity contribution in [2.24, 2.45) is 0 Å². The molecule has 0 saturated carbocycles. The number of para-hydroxylation sites is 1. The van der Waals surface area contributed by atoms with Gasteiger partial charge in [-0.05, 0) is 35.9 Å². The van der Waals surface area contributed by atoms with Gasteiger partial charge in [0.25, 0.3) is 5.91 Å². The number of nitrogens with zero attached hydrogens (tertiary/aromatic N) is 3. The van der Waals surface area contributed by atoms with Gasteiger partial charge in [-0.3, -0.25) is 9.69 Å². The number of benzene rings is 3. The number of carbonyl (C=O) groups is 1. The number of carbonyl (C=O) groups excluding carboxylic acids is 1. The molecule has 0 atom stereocenters. The zero-order valence-electron chi connectivity index (χ0n) is 18.4. The first-order valence-electron chi connectivity index (χ1n) is 10.7. The number of thiocarbonyl (C=S) groups is 1. The summed E-state index contributed by atoms with van der Waals surface area (Å²) in [5.74, 6) is 0.676. The normalized spacial score (nSPS) is 14.7. The van der Waals surface area contributed by atoms with Crippen LogP contribution in [0.5, 0.6) is 5.75 Å². The molecule has 168 valence electrons. The quantitative estimate of drug-likeness (QED) is 0.251. The van der Waals surface area contributed by atoms with E-state index in [1.165, 1.54) is 11.8 Å². The third kappa shape index (κ3) is 4.53. The third-order valence-corrected chi connectivity index (χ3v) is 6.85. The van der Waals surface area contributed by atoms with Crippen molar-refractivity contribution in [1.82, 2.24) is 14.7 Å². The molecule has 0 radical (unpaired) electrons. The molecule has 2 heterocycles. The van der Waals surface area contributed by atoms with E-state index in [1.807, 2.05) is 102 Å². The van der Waals surface area contributed by atoms with Crippen LogP contribution in [0, 0.1) is 0 Å². The fourth-order valence-electron chi connectivity index (χ4n) is 3.72. The maximum absolute atomic E-state index is 13.3. The predicted octanol–water partition coefficient (Wildman–Crippen LogP) is 5.95. The van der Waals surface area contributed by atoms with E-state index in [0.29, 0.717) is 15.8 Å². The van der Waals surface area contributed by atoms with Gasteiger partial charge >= 0.3 is 0 Å². The number of ether oxygens (including phenoxy) is 1. The molecule has 1 saturated heterocycles. The summed E-state index contributed by atoms with van der Waals surface area (Å²) < 4.78 is 7.60. The van der Waals surface area contributed by atoms with Crippen LogP contribution in [-0.2, 0) is 11.3 Å². The van der Waals surface area contributed by atoms with Crippen molar-refractivity contribution >= 4 is 40.3 Å². The summed E-state index contributed by atoms with van der Waals surface area (Å²) in [5, 5.41) is 4.83. The molecule has 4 aromatic rings. The van der Waals surface area contributed by atoms with Crippen LogP contribution in [0.25, 0.3) is 23.0 Å². The monoisotopic (exact) mass is 483 g/mol. The molecule has 5 rings (SSSR count). The van der Waals surface area contributed by atoms with E-state index in [-0.39, 0.29) is 5.91 Å². The molecule has 0 bridgehead atoms. The van der Waals surface area contributed by atoms with Gasteiger partial charge in [0, 0.05) is 17.3 Å². The van der Waals surface area contributed by atoms with Crippen molar-refractivity contribution in [2.75, 3.05) is 7.11 Å². The molecule has 0 N–H and O–H groups in total. The van der Waals surface area contributed by atoms with Crippen LogP contribution >= 0.6 is 24.0 Å². The zero-order valence-corrected chi connectivity index (χ0v) is 20.1. The van der Waals surface area contributed by atoms with Gasteiger partial charge in [-0.25, -0.2) is 4.68 Å². The third-order valence-electron chi connectivity index (χ3n) is 5.47. The summed E-state index contributed by atoms with van der Waals surface area (Å²) in [6.45, 7) is 0.417. The van der Waals surface area contributed by atoms with Gasteiger partial charge in [-0.15, -0.1) is 0 Å². The van der Waals surface area contributed by atoms with Crippen molar-refractivity contribution in [3.63, 3.8) is 0 Å². The van der Waals surface area contributed by atoms with E-state index in [2.05, 4.69) is 0 Å². The highest BCUT2D eigenvalue weighted by Crippen LogP contribution is 2.35. The molecule has 1 aromatic heterocycles. The highest BCUT2D eigenvalue weighted by atomic mass is 32.2. The lowest BCUT2D eigenvalue weighted by Gasteiger charge is -2.14. The van der Waals surface area contributed by atoms with Gasteiger partial charge in [0.1, 0.15) is 10.1 Å². The number of hydrogen-bond donors (Lipinski definition) is 0. The van der Waals surface area contributed by atoms with Crippen LogP contribution in [0.15, 0.2) is 96.0 Å². The first-order valence-corrected chi connectivity index (χ1v) is 11.9. The van der Waals surface area contributed by atoms with Crippen molar-refractivity contribution in [2.45, 2.75) is 6.54 Å². The molecule has 5 nitrogen and oxygen atoms in total. The second-order valence-electron chi connectivity index (χ2n) is 7.70. The minimum Gasteiger partial charge on any atom is -0.497 e. The SMILES string of the molecule is COc1ccc(CN2C(=O)/C(=C/c3cn(-c4ccccc4)nc3-c3ccccc3)SC2=S)cc1. The van der Waals surface area contributed by atoms with Crippen LogP contribution in [0.1, 0.15) is 11.1 Å². The lowest BCUT2D eigenvalue weighted by atomic mass is 10.1. The van der Waals surface area contributed by atoms with Crippen LogP contribution in [0.2, 0.25) is 0 Å². The van der Waals surface area contributed by atoms with Crippen LogP contribution in [0.4, 0.5) is 0 Å². The number of amides is 1. The van der Waals surface area contributed by atoms with E-state index >= 15 is 0 Å². The molecule has 34 heavy (non-hydrogen) atoms. The summed E-state index contributed by atoms with van der Waals surface area (Å²) in [5.41, 5.74) is 4.59. The number of aromatic nitrogens is 2. The Morgan fingerprint density at radius 1 is 0.971 bits per heavy atom. The van der Waals surface area contributed by atoms with Crippen molar-refractivity contribution in [1.29, 1.82) is 0 Å². The molecule has 1 aliphatic rings. The van der Waals surface area contributed by atoms with E-state index in [0.717, 1.165) is 33.8 Å². The van der Waals surface area contributed by atoms with Gasteiger partial charge in [-0.1, -0.05) is 84.6 Å². The summed E-state index contributed by atoms with van der Waals surface area (Å²) >= 11 is 6.87. The number of hydrogen-bond acceptors (Lipinski definition) is 5. The number of rotatable bonds is 6. The average molecular weight is 484 g/mol. The number of thioether (sulfide) groups is 1. The van der Waals surface area contributed by atoms with Crippen LogP contribution < -0.4 is 4.74 Å². The minimum atomic E-state index is -0.0997. The minimum absolute atomic E-state index is 0.0997. The second-order valence-corrected chi connectivity index (χ2v) is 9.37. The molecule has 3 aromatic carbocycles. The molecule has 0 unspecified atom stereocenters. The first-order chi connectivity index (χ1) is 16.6. The van der Waals surface area contributed by atoms with Gasteiger partial charge in [0.15, 0.2) is 0 Å². The molecule has 7 heteroatoms. The Hall–Kier alpha value is -3.68. The summed E-state index contributed by atoms with van der Waals surface area (Å²) in [4.78, 5) is 15.5. The van der Waals surface area contributed by atoms with Gasteiger partial charge < -0.3 is 4.74 Å². The van der Waals surface area contributed by atoms with E-state index in [1.54, 1.807) is 12.0 Å². The van der Waals surface area contributed by atoms with Gasteiger partial charge in [0.2, 0.25) is 0 Å². The Bertz CT molecular complexity index is 1360. The Morgan fingerprint density at radius 3 is 2.32 bits per heavy atom. The molecule has 0 aliphatic carbocycles.